The minimum absolute atomic E-state index is 0.349. The first-order valence-electron chi connectivity index (χ1n) is 6.77. The largest absolute Gasteiger partial charge is 0.386 e. The Hall–Kier alpha value is -2.34. The molecule has 6 heteroatoms. The molecule has 0 aliphatic rings. The summed E-state index contributed by atoms with van der Waals surface area (Å²) in [6.07, 6.45) is 3.17. The van der Waals surface area contributed by atoms with Crippen LogP contribution in [0.3, 0.4) is 0 Å². The van der Waals surface area contributed by atoms with E-state index in [1.165, 1.54) is 0 Å². The summed E-state index contributed by atoms with van der Waals surface area (Å²) >= 11 is 0. The van der Waals surface area contributed by atoms with Gasteiger partial charge in [-0.2, -0.15) is 0 Å². The van der Waals surface area contributed by atoms with Crippen LogP contribution in [0.2, 0.25) is 0 Å². The van der Waals surface area contributed by atoms with Crippen molar-refractivity contribution in [2.24, 2.45) is 7.05 Å². The standard InChI is InChI=1S/C16H15F2N3O/c1-16(2,22)10-4-5-19-8-9(10)15-20-13-6-11(17)12(18)7-14(13)21(15)3/h4-8,22H,1-3H3. The van der Waals surface area contributed by atoms with Gasteiger partial charge in [-0.25, -0.2) is 13.8 Å². The van der Waals surface area contributed by atoms with E-state index < -0.39 is 17.2 Å². The third-order valence-corrected chi connectivity index (χ3v) is 3.64. The minimum Gasteiger partial charge on any atom is -0.386 e. The third kappa shape index (κ3) is 2.25. The van der Waals surface area contributed by atoms with Gasteiger partial charge in [0.25, 0.3) is 0 Å². The first-order valence-corrected chi connectivity index (χ1v) is 6.77. The number of fused-ring (bicyclic) bond motifs is 1. The molecule has 2 heterocycles. The van der Waals surface area contributed by atoms with Crippen molar-refractivity contribution in [3.05, 3.63) is 47.8 Å². The number of hydrogen-bond acceptors (Lipinski definition) is 3. The molecule has 0 bridgehead atoms. The number of aliphatic hydroxyl groups is 1. The van der Waals surface area contributed by atoms with Crippen molar-refractivity contribution in [3.63, 3.8) is 0 Å². The Morgan fingerprint density at radius 2 is 1.86 bits per heavy atom. The van der Waals surface area contributed by atoms with Crippen molar-refractivity contribution < 1.29 is 13.9 Å². The quantitative estimate of drug-likeness (QED) is 0.791. The van der Waals surface area contributed by atoms with E-state index >= 15 is 0 Å². The lowest BCUT2D eigenvalue weighted by Gasteiger charge is -2.20. The molecule has 0 fully saturated rings. The molecular weight excluding hydrogens is 288 g/mol. The van der Waals surface area contributed by atoms with Gasteiger partial charge in [-0.3, -0.25) is 4.98 Å². The van der Waals surface area contributed by atoms with Crippen LogP contribution in [0.15, 0.2) is 30.6 Å². The molecule has 0 spiro atoms. The Labute approximate surface area is 126 Å². The van der Waals surface area contributed by atoms with E-state index in [0.29, 0.717) is 28.0 Å². The van der Waals surface area contributed by atoms with Gasteiger partial charge in [0.2, 0.25) is 0 Å². The number of aryl methyl sites for hydroxylation is 1. The summed E-state index contributed by atoms with van der Waals surface area (Å²) in [5, 5.41) is 10.3. The van der Waals surface area contributed by atoms with E-state index in [0.717, 1.165) is 12.1 Å². The number of halogens is 2. The van der Waals surface area contributed by atoms with Gasteiger partial charge in [0.1, 0.15) is 5.82 Å². The summed E-state index contributed by atoms with van der Waals surface area (Å²) in [6.45, 7) is 3.32. The summed E-state index contributed by atoms with van der Waals surface area (Å²) in [7, 11) is 1.71. The molecule has 0 saturated carbocycles. The van der Waals surface area contributed by atoms with Crippen LogP contribution in [-0.2, 0) is 12.6 Å². The van der Waals surface area contributed by atoms with Crippen molar-refractivity contribution in [1.29, 1.82) is 0 Å². The van der Waals surface area contributed by atoms with Gasteiger partial charge in [0.15, 0.2) is 11.6 Å². The van der Waals surface area contributed by atoms with Crippen LogP contribution in [0.4, 0.5) is 8.78 Å². The molecule has 0 amide bonds. The van der Waals surface area contributed by atoms with Crippen molar-refractivity contribution >= 4 is 11.0 Å². The van der Waals surface area contributed by atoms with Gasteiger partial charge in [-0.15, -0.1) is 0 Å². The Kier molecular flexibility index (Phi) is 3.21. The molecule has 0 radical (unpaired) electrons. The molecule has 0 unspecified atom stereocenters. The van der Waals surface area contributed by atoms with E-state index in [1.807, 2.05) is 0 Å². The smallest absolute Gasteiger partial charge is 0.161 e. The van der Waals surface area contributed by atoms with Crippen LogP contribution in [0.5, 0.6) is 0 Å². The number of nitrogens with zero attached hydrogens (tertiary/aromatic N) is 3. The van der Waals surface area contributed by atoms with Gasteiger partial charge in [0, 0.05) is 37.1 Å². The van der Waals surface area contributed by atoms with E-state index in [-0.39, 0.29) is 0 Å². The second-order valence-electron chi connectivity index (χ2n) is 5.73. The van der Waals surface area contributed by atoms with E-state index in [4.69, 9.17) is 0 Å². The van der Waals surface area contributed by atoms with Gasteiger partial charge in [0.05, 0.1) is 16.6 Å². The van der Waals surface area contributed by atoms with Crippen LogP contribution < -0.4 is 0 Å². The maximum absolute atomic E-state index is 13.4. The molecule has 0 saturated heterocycles. The van der Waals surface area contributed by atoms with Crippen molar-refractivity contribution in [2.45, 2.75) is 19.4 Å². The lowest BCUT2D eigenvalue weighted by atomic mass is 9.94. The topological polar surface area (TPSA) is 50.9 Å². The highest BCUT2D eigenvalue weighted by molar-refractivity contribution is 5.81. The molecule has 0 atom stereocenters. The molecule has 0 aliphatic heterocycles. The first kappa shape index (κ1) is 14.6. The highest BCUT2D eigenvalue weighted by Gasteiger charge is 2.23. The van der Waals surface area contributed by atoms with E-state index in [1.54, 1.807) is 43.9 Å². The zero-order valence-electron chi connectivity index (χ0n) is 12.4. The Morgan fingerprint density at radius 1 is 1.18 bits per heavy atom. The molecule has 0 aliphatic carbocycles. The molecule has 4 nitrogen and oxygen atoms in total. The average molecular weight is 303 g/mol. The van der Waals surface area contributed by atoms with Crippen LogP contribution >= 0.6 is 0 Å². The Bertz CT molecular complexity index is 866. The van der Waals surface area contributed by atoms with E-state index in [2.05, 4.69) is 9.97 Å². The summed E-state index contributed by atoms with van der Waals surface area (Å²) in [6, 6.07) is 3.88. The van der Waals surface area contributed by atoms with Crippen molar-refractivity contribution in [1.82, 2.24) is 14.5 Å². The highest BCUT2D eigenvalue weighted by atomic mass is 19.2. The normalized spacial score (nSPS) is 12.1. The Morgan fingerprint density at radius 3 is 2.55 bits per heavy atom. The predicted molar refractivity (Wildman–Crippen MR) is 79.1 cm³/mol. The number of hydrogen-bond donors (Lipinski definition) is 1. The number of aromatic nitrogens is 3. The van der Waals surface area contributed by atoms with Gasteiger partial charge in [-0.1, -0.05) is 0 Å². The molecule has 22 heavy (non-hydrogen) atoms. The monoisotopic (exact) mass is 303 g/mol. The highest BCUT2D eigenvalue weighted by Crippen LogP contribution is 2.32. The molecule has 3 rings (SSSR count). The fraction of sp³-hybridized carbons (Fsp3) is 0.250. The van der Waals surface area contributed by atoms with Crippen molar-refractivity contribution in [2.75, 3.05) is 0 Å². The molecule has 3 aromatic rings. The molecule has 1 N–H and O–H groups in total. The maximum Gasteiger partial charge on any atom is 0.161 e. The predicted octanol–water partition coefficient (Wildman–Crippen LogP) is 3.14. The number of imidazole rings is 1. The fourth-order valence-corrected chi connectivity index (χ4v) is 2.53. The van der Waals surface area contributed by atoms with Crippen molar-refractivity contribution in [3.8, 4) is 11.4 Å². The summed E-state index contributed by atoms with van der Waals surface area (Å²) < 4.78 is 28.5. The van der Waals surface area contributed by atoms with Gasteiger partial charge in [-0.05, 0) is 25.5 Å². The minimum atomic E-state index is -1.09. The number of rotatable bonds is 2. The second kappa shape index (κ2) is 4.84. The second-order valence-corrected chi connectivity index (χ2v) is 5.73. The van der Waals surface area contributed by atoms with Crippen LogP contribution in [0, 0.1) is 11.6 Å². The first-order chi connectivity index (χ1) is 10.3. The molecule has 1 aromatic carbocycles. The molecule has 114 valence electrons. The summed E-state index contributed by atoms with van der Waals surface area (Å²) in [4.78, 5) is 8.43. The zero-order chi connectivity index (χ0) is 16.1. The summed E-state index contributed by atoms with van der Waals surface area (Å²) in [5.41, 5.74) is 0.991. The maximum atomic E-state index is 13.4. The number of benzene rings is 1. The van der Waals surface area contributed by atoms with Gasteiger partial charge < -0.3 is 9.67 Å². The summed E-state index contributed by atoms with van der Waals surface area (Å²) in [5.74, 6) is -1.37. The lowest BCUT2D eigenvalue weighted by molar-refractivity contribution is 0.0790. The zero-order valence-corrected chi connectivity index (χ0v) is 12.4. The number of pyridine rings is 1. The van der Waals surface area contributed by atoms with Crippen LogP contribution in [0.1, 0.15) is 19.4 Å². The third-order valence-electron chi connectivity index (χ3n) is 3.64. The molecular formula is C16H15F2N3O. The fourth-order valence-electron chi connectivity index (χ4n) is 2.53. The van der Waals surface area contributed by atoms with Gasteiger partial charge >= 0.3 is 0 Å². The van der Waals surface area contributed by atoms with Crippen LogP contribution in [-0.4, -0.2) is 19.6 Å². The average Bonchev–Trinajstić information content (AvgIpc) is 2.76. The lowest BCUT2D eigenvalue weighted by Crippen LogP contribution is -2.17. The Balaban J connectivity index is 2.30. The molecule has 2 aromatic heterocycles. The SMILES string of the molecule is Cn1c(-c2cnccc2C(C)(C)O)nc2cc(F)c(F)cc21. The van der Waals surface area contributed by atoms with Crippen LogP contribution in [0.25, 0.3) is 22.4 Å². The van der Waals surface area contributed by atoms with E-state index in [9.17, 15) is 13.9 Å².